The molecule has 69 heavy (non-hydrogen) atoms. The average molecular weight is 1110 g/mol. The summed E-state index contributed by atoms with van der Waals surface area (Å²) in [6.45, 7) is 17.4. The molecule has 2 aliphatic heterocycles. The molecule has 2 aromatic heterocycles. The van der Waals surface area contributed by atoms with Crippen molar-refractivity contribution in [3.63, 3.8) is 0 Å². The van der Waals surface area contributed by atoms with Crippen molar-refractivity contribution >= 4 is 102 Å². The Balaban J connectivity index is 0.000000205. The number of benzene rings is 2. The molecule has 0 radical (unpaired) electrons. The number of fused-ring (bicyclic) bond motifs is 4. The van der Waals surface area contributed by atoms with Crippen LogP contribution in [0.2, 0.25) is 10.0 Å². The van der Waals surface area contributed by atoms with E-state index in [0.717, 1.165) is 53.7 Å². The molecule has 3 amide bonds. The van der Waals surface area contributed by atoms with E-state index in [1.165, 1.54) is 12.2 Å². The first kappa shape index (κ1) is 52.2. The number of Topliss-reactive ketones (excluding diaryl/α,β-unsaturated/α-hetero) is 1. The highest BCUT2D eigenvalue weighted by Gasteiger charge is 2.38. The van der Waals surface area contributed by atoms with Gasteiger partial charge in [-0.25, -0.2) is 14.7 Å². The van der Waals surface area contributed by atoms with Crippen LogP contribution in [0.4, 0.5) is 9.59 Å². The molecule has 2 atom stereocenters. The monoisotopic (exact) mass is 1110 g/mol. The van der Waals surface area contributed by atoms with Crippen molar-refractivity contribution < 1.29 is 33.5 Å². The number of ether oxygens (including phenoxy) is 2. The number of rotatable bonds is 5. The fourth-order valence-corrected chi connectivity index (χ4v) is 9.86. The summed E-state index contributed by atoms with van der Waals surface area (Å²) in [5.74, 6) is -0.317. The van der Waals surface area contributed by atoms with Gasteiger partial charge in [0.1, 0.15) is 11.2 Å². The van der Waals surface area contributed by atoms with Crippen LogP contribution in [0, 0.1) is 0 Å². The van der Waals surface area contributed by atoms with E-state index in [4.69, 9.17) is 47.5 Å². The van der Waals surface area contributed by atoms with Gasteiger partial charge in [-0.3, -0.25) is 34.2 Å². The van der Waals surface area contributed by atoms with Crippen LogP contribution in [0.3, 0.4) is 0 Å². The van der Waals surface area contributed by atoms with Crippen molar-refractivity contribution in [3.05, 3.63) is 125 Å². The third kappa shape index (κ3) is 12.3. The second-order valence-electron chi connectivity index (χ2n) is 19.2. The lowest BCUT2D eigenvalue weighted by Crippen LogP contribution is -2.51. The van der Waals surface area contributed by atoms with Crippen LogP contribution >= 0.6 is 55.1 Å². The van der Waals surface area contributed by atoms with Gasteiger partial charge < -0.3 is 19.3 Å². The summed E-state index contributed by atoms with van der Waals surface area (Å²) < 4.78 is 12.8. The molecular weight excluding hydrogens is 1050 g/mol. The van der Waals surface area contributed by atoms with Crippen molar-refractivity contribution in [1.29, 1.82) is 0 Å². The lowest BCUT2D eigenvalue weighted by Gasteiger charge is -2.40. The largest absolute Gasteiger partial charge is 0.444 e. The summed E-state index contributed by atoms with van der Waals surface area (Å²) in [6.07, 6.45) is 6.69. The maximum Gasteiger partial charge on any atom is 0.410 e. The van der Waals surface area contributed by atoms with E-state index in [9.17, 15) is 19.2 Å². The van der Waals surface area contributed by atoms with E-state index < -0.39 is 11.2 Å². The smallest absolute Gasteiger partial charge is 0.410 e. The van der Waals surface area contributed by atoms with E-state index in [1.807, 2.05) is 102 Å². The van der Waals surface area contributed by atoms with Crippen LogP contribution in [0.5, 0.6) is 0 Å². The highest BCUT2D eigenvalue weighted by molar-refractivity contribution is 9.10. The third-order valence-corrected chi connectivity index (χ3v) is 13.3. The summed E-state index contributed by atoms with van der Waals surface area (Å²) in [4.78, 5) is 74.0. The molecule has 0 bridgehead atoms. The highest BCUT2D eigenvalue weighted by atomic mass is 79.9. The Hall–Kier alpha value is -4.68. The highest BCUT2D eigenvalue weighted by Crippen LogP contribution is 2.43. The number of carbonyl (C=O) groups is 4. The van der Waals surface area contributed by atoms with Crippen LogP contribution in [0.1, 0.15) is 105 Å². The van der Waals surface area contributed by atoms with Crippen LogP contribution in [-0.4, -0.2) is 136 Å². The summed E-state index contributed by atoms with van der Waals surface area (Å²) in [7, 11) is 3.03. The maximum absolute atomic E-state index is 13.4. The molecule has 0 saturated carbocycles. The molecule has 4 aromatic rings. The van der Waals surface area contributed by atoms with E-state index >= 15 is 0 Å². The molecule has 4 heterocycles. The fourth-order valence-electron chi connectivity index (χ4n) is 8.82. The second-order valence-corrected chi connectivity index (χ2v) is 21.9. The number of nitrogens with zero attached hydrogens (tertiary/aromatic N) is 7. The summed E-state index contributed by atoms with van der Waals surface area (Å²) in [5.41, 5.74) is 6.88. The minimum atomic E-state index is -0.548. The van der Waals surface area contributed by atoms with Gasteiger partial charge in [-0.05, 0) is 162 Å². The normalized spacial score (nSPS) is 18.3. The number of allylic oxidation sites excluding steroid dienone is 1. The summed E-state index contributed by atoms with van der Waals surface area (Å²) in [5, 5.41) is 2.30. The van der Waals surface area contributed by atoms with Gasteiger partial charge >= 0.3 is 12.2 Å². The lowest BCUT2D eigenvalue weighted by molar-refractivity contribution is -0.161. The first-order valence-corrected chi connectivity index (χ1v) is 25.0. The first-order chi connectivity index (χ1) is 32.5. The Kier molecular flexibility index (Phi) is 16.1. The molecule has 2 aromatic carbocycles. The number of hydroxylamine groups is 2. The SMILES string of the molecule is CC(=O)C1=Cc2cc(Br)cnc2C(N2CCN(C(=O)OC(C)(C)C)CC2)c2ccc(Cl)cc21.CON(C)C(=O)C1=Cc2cc(Br)cnc2C(N2CCN(C(=O)OC(C)(C)C)CC2)c2ccc(Cl)cc21. The standard InChI is InChI=1S/C26H30BrClN4O4.C25H27BrClN3O3/c1-26(2,3)36-25(34)32-10-8-31(9-11-32)23-19-7-6-18(28)14-20(19)21(24(33)30(4)35-5)13-16-12-17(27)15-29-22(16)23;1-15(31)20-12-16-11-17(26)14-28-22(16)23(19-6-5-18(27)13-21(19)20)29-7-9-30(10-8-29)24(32)33-25(2,3)4/h6-7,12-15,23H,8-11H2,1-5H3;5-6,11-14,23H,7-10H2,1-4H3. The number of amides is 3. The zero-order chi connectivity index (χ0) is 50.1. The Morgan fingerprint density at radius 3 is 1.41 bits per heavy atom. The quantitative estimate of drug-likeness (QED) is 0.177. The second kappa shape index (κ2) is 21.4. The minimum absolute atomic E-state index is 0.0279. The Morgan fingerprint density at radius 2 is 1.03 bits per heavy atom. The molecule has 2 aliphatic carbocycles. The predicted molar refractivity (Wildman–Crippen MR) is 275 cm³/mol. The summed E-state index contributed by atoms with van der Waals surface area (Å²) >= 11 is 19.8. The van der Waals surface area contributed by atoms with Crippen molar-refractivity contribution in [2.24, 2.45) is 0 Å². The molecule has 366 valence electrons. The first-order valence-electron chi connectivity index (χ1n) is 22.6. The lowest BCUT2D eigenvalue weighted by atomic mass is 9.92. The Labute approximate surface area is 430 Å². The van der Waals surface area contributed by atoms with Gasteiger partial charge in [0.05, 0.1) is 36.2 Å². The number of pyridine rings is 2. The van der Waals surface area contributed by atoms with E-state index in [-0.39, 0.29) is 36.0 Å². The predicted octanol–water partition coefficient (Wildman–Crippen LogP) is 10.6. The van der Waals surface area contributed by atoms with Crippen LogP contribution < -0.4 is 0 Å². The van der Waals surface area contributed by atoms with Gasteiger partial charge in [0.2, 0.25) is 0 Å². The Bertz CT molecular complexity index is 2710. The molecule has 4 aliphatic rings. The third-order valence-electron chi connectivity index (χ3n) is 12.0. The van der Waals surface area contributed by atoms with E-state index in [1.54, 1.807) is 36.2 Å². The number of piperazine rings is 2. The van der Waals surface area contributed by atoms with Gasteiger partial charge in [-0.15, -0.1) is 0 Å². The molecule has 2 unspecified atom stereocenters. The zero-order valence-electron chi connectivity index (χ0n) is 40.2. The van der Waals surface area contributed by atoms with E-state index in [2.05, 4.69) is 41.7 Å². The zero-order valence-corrected chi connectivity index (χ0v) is 44.9. The van der Waals surface area contributed by atoms with Gasteiger partial charge in [0.15, 0.2) is 5.78 Å². The molecule has 2 fully saturated rings. The van der Waals surface area contributed by atoms with Gasteiger partial charge in [0, 0.05) is 96.4 Å². The molecule has 8 rings (SSSR count). The molecular formula is C51H57Br2Cl2N7O7. The van der Waals surface area contributed by atoms with Gasteiger partial charge in [-0.1, -0.05) is 35.3 Å². The van der Waals surface area contributed by atoms with Gasteiger partial charge in [0.25, 0.3) is 5.91 Å². The number of carbonyl (C=O) groups excluding carboxylic acids is 4. The van der Waals surface area contributed by atoms with Crippen molar-refractivity contribution in [2.45, 2.75) is 71.8 Å². The number of aromatic nitrogens is 2. The topological polar surface area (TPSA) is 138 Å². The number of halogens is 4. The van der Waals surface area contributed by atoms with Crippen LogP contribution in [0.25, 0.3) is 23.3 Å². The minimum Gasteiger partial charge on any atom is -0.444 e. The van der Waals surface area contributed by atoms with Crippen molar-refractivity contribution in [3.8, 4) is 0 Å². The number of likely N-dealkylation sites (N-methyl/N-ethyl adjacent to an activating group) is 1. The molecule has 0 N–H and O–H groups in total. The fraction of sp³-hybridized carbons (Fsp3) is 0.412. The van der Waals surface area contributed by atoms with Crippen molar-refractivity contribution in [2.75, 3.05) is 66.5 Å². The van der Waals surface area contributed by atoms with E-state index in [0.29, 0.717) is 73.5 Å². The van der Waals surface area contributed by atoms with Crippen molar-refractivity contribution in [1.82, 2.24) is 34.6 Å². The maximum atomic E-state index is 13.4. The summed E-state index contributed by atoms with van der Waals surface area (Å²) in [6, 6.07) is 14.8. The molecule has 2 saturated heterocycles. The van der Waals surface area contributed by atoms with Crippen LogP contribution in [-0.2, 0) is 23.9 Å². The average Bonchev–Trinajstić information content (AvgIpc) is 3.51. The number of hydrogen-bond acceptors (Lipinski definition) is 11. The number of hydrogen-bond donors (Lipinski definition) is 0. The van der Waals surface area contributed by atoms with Crippen LogP contribution in [0.15, 0.2) is 69.9 Å². The Morgan fingerprint density at radius 1 is 0.638 bits per heavy atom. The molecule has 14 nitrogen and oxygen atoms in total. The molecule has 0 spiro atoms. The number of ketones is 1. The molecule has 18 heteroatoms. The van der Waals surface area contributed by atoms with Gasteiger partial charge in [-0.2, -0.15) is 0 Å².